The number of benzene rings is 2. The van der Waals surface area contributed by atoms with Gasteiger partial charge in [0.2, 0.25) is 5.91 Å². The van der Waals surface area contributed by atoms with Crippen molar-refractivity contribution >= 4 is 29.3 Å². The van der Waals surface area contributed by atoms with Gasteiger partial charge in [-0.15, -0.1) is 10.2 Å². The van der Waals surface area contributed by atoms with Crippen molar-refractivity contribution in [3.63, 3.8) is 0 Å². The number of aromatic nitrogens is 3. The zero-order valence-corrected chi connectivity index (χ0v) is 21.2. The van der Waals surface area contributed by atoms with E-state index in [9.17, 15) is 9.59 Å². The van der Waals surface area contributed by atoms with Crippen LogP contribution < -0.4 is 5.32 Å². The summed E-state index contributed by atoms with van der Waals surface area (Å²) in [5.41, 5.74) is 2.37. The number of carbonyl (C=O) groups excluding carboxylic acids is 2. The average molecular weight is 481 g/mol. The fraction of sp³-hybridized carbons (Fsp3) is 0.360. The van der Waals surface area contributed by atoms with Crippen LogP contribution in [-0.4, -0.2) is 70.3 Å². The van der Waals surface area contributed by atoms with Gasteiger partial charge in [-0.3, -0.25) is 14.5 Å². The number of amides is 2. The van der Waals surface area contributed by atoms with E-state index < -0.39 is 0 Å². The predicted octanol–water partition coefficient (Wildman–Crippen LogP) is 3.77. The summed E-state index contributed by atoms with van der Waals surface area (Å²) in [5, 5.41) is 12.5. The normalized spacial score (nSPS) is 11.9. The Morgan fingerprint density at radius 3 is 2.26 bits per heavy atom. The summed E-state index contributed by atoms with van der Waals surface area (Å²) in [6.45, 7) is 2.77. The highest BCUT2D eigenvalue weighted by Crippen LogP contribution is 2.26. The summed E-state index contributed by atoms with van der Waals surface area (Å²) in [5.74, 6) is 0.863. The van der Waals surface area contributed by atoms with Crippen LogP contribution in [0.15, 0.2) is 59.8 Å². The third-order valence-corrected chi connectivity index (χ3v) is 6.36. The minimum Gasteiger partial charge on any atom is -0.345 e. The Kier molecular flexibility index (Phi) is 8.84. The van der Waals surface area contributed by atoms with Gasteiger partial charge in [0, 0.05) is 25.3 Å². The van der Waals surface area contributed by atoms with E-state index in [1.807, 2.05) is 32.3 Å². The first-order valence-electron chi connectivity index (χ1n) is 11.2. The maximum Gasteiger partial charge on any atom is 0.253 e. The molecule has 1 atom stereocenters. The summed E-state index contributed by atoms with van der Waals surface area (Å²) in [6.07, 6.45) is 0.900. The van der Waals surface area contributed by atoms with E-state index in [0.717, 1.165) is 17.8 Å². The van der Waals surface area contributed by atoms with Crippen LogP contribution in [-0.2, 0) is 11.3 Å². The zero-order chi connectivity index (χ0) is 24.7. The van der Waals surface area contributed by atoms with Crippen molar-refractivity contribution in [2.24, 2.45) is 0 Å². The molecular formula is C25H32N6O2S. The number of hydrogen-bond acceptors (Lipinski definition) is 6. The van der Waals surface area contributed by atoms with Crippen molar-refractivity contribution in [1.29, 1.82) is 0 Å². The van der Waals surface area contributed by atoms with E-state index >= 15 is 0 Å². The Morgan fingerprint density at radius 1 is 1.00 bits per heavy atom. The lowest BCUT2D eigenvalue weighted by Crippen LogP contribution is -2.23. The molecule has 0 aliphatic heterocycles. The molecular weight excluding hydrogens is 448 g/mol. The third-order valence-electron chi connectivity index (χ3n) is 5.39. The van der Waals surface area contributed by atoms with Gasteiger partial charge in [-0.1, -0.05) is 49.0 Å². The lowest BCUT2D eigenvalue weighted by Gasteiger charge is -2.23. The Balaban J connectivity index is 1.71. The third kappa shape index (κ3) is 6.45. The number of nitrogens with zero attached hydrogens (tertiary/aromatic N) is 5. The standard InChI is InChI=1S/C25H32N6O2S/c1-6-21(29(2)3)23-27-28-25(31(23)16-18-10-8-7-9-11-18)34-17-22(32)26-20-14-12-19(13-15-20)24(33)30(4)5/h7-15,21H,6,16-17H2,1-5H3,(H,26,32)/t21-/m0/s1. The first-order valence-corrected chi connectivity index (χ1v) is 12.2. The fourth-order valence-corrected chi connectivity index (χ4v) is 4.37. The molecule has 1 N–H and O–H groups in total. The summed E-state index contributed by atoms with van der Waals surface area (Å²) in [6, 6.07) is 17.2. The SMILES string of the molecule is CC[C@@H](c1nnc(SCC(=O)Nc2ccc(C(=O)N(C)C)cc2)n1Cc1ccccc1)N(C)C. The minimum atomic E-state index is -0.146. The van der Waals surface area contributed by atoms with Crippen LogP contribution in [0.1, 0.15) is 41.1 Å². The second-order valence-corrected chi connectivity index (χ2v) is 9.36. The van der Waals surface area contributed by atoms with Crippen LogP contribution in [0.25, 0.3) is 0 Å². The maximum absolute atomic E-state index is 12.6. The van der Waals surface area contributed by atoms with Crippen LogP contribution in [0.4, 0.5) is 5.69 Å². The number of anilines is 1. The molecule has 0 unspecified atom stereocenters. The topological polar surface area (TPSA) is 83.4 Å². The summed E-state index contributed by atoms with van der Waals surface area (Å²) >= 11 is 1.36. The molecule has 8 nitrogen and oxygen atoms in total. The van der Waals surface area contributed by atoms with Crippen LogP contribution in [0.5, 0.6) is 0 Å². The highest BCUT2D eigenvalue weighted by Gasteiger charge is 2.22. The maximum atomic E-state index is 12.6. The van der Waals surface area contributed by atoms with Crippen molar-refractivity contribution in [3.8, 4) is 0 Å². The molecule has 0 saturated heterocycles. The van der Waals surface area contributed by atoms with Gasteiger partial charge in [0.1, 0.15) is 0 Å². The van der Waals surface area contributed by atoms with E-state index in [2.05, 4.69) is 44.0 Å². The van der Waals surface area contributed by atoms with Crippen molar-refractivity contribution in [1.82, 2.24) is 24.6 Å². The Morgan fingerprint density at radius 2 is 1.68 bits per heavy atom. The molecule has 34 heavy (non-hydrogen) atoms. The molecule has 180 valence electrons. The van der Waals surface area contributed by atoms with Gasteiger partial charge >= 0.3 is 0 Å². The molecule has 0 saturated carbocycles. The van der Waals surface area contributed by atoms with Gasteiger partial charge in [0.05, 0.1) is 18.3 Å². The van der Waals surface area contributed by atoms with Gasteiger partial charge in [0.15, 0.2) is 11.0 Å². The Hall–Kier alpha value is -3.17. The number of hydrogen-bond donors (Lipinski definition) is 1. The summed E-state index contributed by atoms with van der Waals surface area (Å²) < 4.78 is 2.10. The van der Waals surface area contributed by atoms with Crippen molar-refractivity contribution in [2.75, 3.05) is 39.3 Å². The predicted molar refractivity (Wildman–Crippen MR) is 136 cm³/mol. The number of rotatable bonds is 10. The molecule has 9 heteroatoms. The number of carbonyl (C=O) groups is 2. The largest absolute Gasteiger partial charge is 0.345 e. The highest BCUT2D eigenvalue weighted by molar-refractivity contribution is 7.99. The van der Waals surface area contributed by atoms with Gasteiger partial charge in [-0.05, 0) is 50.3 Å². The molecule has 3 aromatic rings. The summed E-state index contributed by atoms with van der Waals surface area (Å²) in [7, 11) is 7.48. The van der Waals surface area contributed by atoms with Gasteiger partial charge < -0.3 is 14.8 Å². The molecule has 1 heterocycles. The number of thioether (sulfide) groups is 1. The van der Waals surface area contributed by atoms with Gasteiger partial charge in [-0.25, -0.2) is 0 Å². The van der Waals surface area contributed by atoms with E-state index in [0.29, 0.717) is 23.0 Å². The van der Waals surface area contributed by atoms with Crippen molar-refractivity contribution in [2.45, 2.75) is 31.1 Å². The van der Waals surface area contributed by atoms with E-state index in [-0.39, 0.29) is 23.6 Å². The second kappa shape index (κ2) is 11.8. The molecule has 1 aromatic heterocycles. The molecule has 2 amide bonds. The highest BCUT2D eigenvalue weighted by atomic mass is 32.2. The van der Waals surface area contributed by atoms with Crippen LogP contribution in [0.2, 0.25) is 0 Å². The van der Waals surface area contributed by atoms with Gasteiger partial charge in [-0.2, -0.15) is 0 Å². The quantitative estimate of drug-likeness (QED) is 0.445. The Bertz CT molecular complexity index is 1100. The minimum absolute atomic E-state index is 0.0786. The van der Waals surface area contributed by atoms with Crippen molar-refractivity contribution in [3.05, 3.63) is 71.5 Å². The molecule has 0 fully saturated rings. The van der Waals surface area contributed by atoms with E-state index in [1.165, 1.54) is 16.7 Å². The van der Waals surface area contributed by atoms with Crippen LogP contribution in [0.3, 0.4) is 0 Å². The monoisotopic (exact) mass is 480 g/mol. The molecule has 2 aromatic carbocycles. The molecule has 3 rings (SSSR count). The zero-order valence-electron chi connectivity index (χ0n) is 20.4. The fourth-order valence-electron chi connectivity index (χ4n) is 3.63. The molecule has 0 radical (unpaired) electrons. The van der Waals surface area contributed by atoms with E-state index in [4.69, 9.17) is 0 Å². The summed E-state index contributed by atoms with van der Waals surface area (Å²) in [4.78, 5) is 28.3. The van der Waals surface area contributed by atoms with Crippen LogP contribution in [0, 0.1) is 0 Å². The molecule has 0 aliphatic carbocycles. The lowest BCUT2D eigenvalue weighted by atomic mass is 10.2. The molecule has 0 spiro atoms. The lowest BCUT2D eigenvalue weighted by molar-refractivity contribution is -0.113. The first-order chi connectivity index (χ1) is 16.3. The Labute approximate surface area is 205 Å². The van der Waals surface area contributed by atoms with Gasteiger partial charge in [0.25, 0.3) is 5.91 Å². The molecule has 0 aliphatic rings. The van der Waals surface area contributed by atoms with Crippen LogP contribution >= 0.6 is 11.8 Å². The second-order valence-electron chi connectivity index (χ2n) is 8.41. The molecule has 0 bridgehead atoms. The first kappa shape index (κ1) is 25.5. The van der Waals surface area contributed by atoms with E-state index in [1.54, 1.807) is 38.4 Å². The number of nitrogens with one attached hydrogen (secondary N) is 1. The van der Waals surface area contributed by atoms with Crippen molar-refractivity contribution < 1.29 is 9.59 Å². The average Bonchev–Trinajstić information content (AvgIpc) is 3.20. The smallest absolute Gasteiger partial charge is 0.253 e.